The monoisotopic (exact) mass is 568 g/mol. The summed E-state index contributed by atoms with van der Waals surface area (Å²) in [6, 6.07) is 8.82. The van der Waals surface area contributed by atoms with Crippen LogP contribution in [-0.4, -0.2) is 35.1 Å². The van der Waals surface area contributed by atoms with Gasteiger partial charge in [-0.1, -0.05) is 18.7 Å². The van der Waals surface area contributed by atoms with E-state index in [4.69, 9.17) is 4.74 Å². The van der Waals surface area contributed by atoms with E-state index in [1.807, 2.05) is 0 Å². The lowest BCUT2D eigenvalue weighted by Crippen LogP contribution is -2.36. The van der Waals surface area contributed by atoms with Gasteiger partial charge in [0.05, 0.1) is 13.9 Å². The lowest BCUT2D eigenvalue weighted by atomic mass is 10.2. The molecule has 3 amide bonds. The van der Waals surface area contributed by atoms with Crippen molar-refractivity contribution in [1.29, 1.82) is 0 Å². The minimum absolute atomic E-state index is 0.183. The van der Waals surface area contributed by atoms with E-state index >= 15 is 0 Å². The second kappa shape index (κ2) is 10.3. The molecule has 0 saturated carbocycles. The first-order chi connectivity index (χ1) is 14.8. The number of hydrogen-bond acceptors (Lipinski definition) is 5. The van der Waals surface area contributed by atoms with Gasteiger partial charge in [0.2, 0.25) is 5.91 Å². The van der Waals surface area contributed by atoms with Gasteiger partial charge in [-0.15, -0.1) is 0 Å². The van der Waals surface area contributed by atoms with Gasteiger partial charge >= 0.3 is 0 Å². The molecule has 0 spiro atoms. The number of anilines is 1. The highest BCUT2D eigenvalue weighted by Gasteiger charge is 2.36. The van der Waals surface area contributed by atoms with Crippen molar-refractivity contribution in [2.24, 2.45) is 0 Å². The van der Waals surface area contributed by atoms with Crippen LogP contribution in [0.3, 0.4) is 0 Å². The number of thioether (sulfide) groups is 1. The summed E-state index contributed by atoms with van der Waals surface area (Å²) < 4.78 is 20.1. The third-order valence-corrected chi connectivity index (χ3v) is 6.03. The van der Waals surface area contributed by atoms with Crippen molar-refractivity contribution in [2.75, 3.05) is 18.5 Å². The lowest BCUT2D eigenvalue weighted by Gasteiger charge is -2.12. The van der Waals surface area contributed by atoms with Crippen LogP contribution in [0.1, 0.15) is 5.56 Å². The normalized spacial score (nSPS) is 14.8. The molecule has 2 aromatic rings. The number of carbonyl (C=O) groups excluding carboxylic acids is 3. The van der Waals surface area contributed by atoms with Crippen LogP contribution >= 0.6 is 43.6 Å². The van der Waals surface area contributed by atoms with E-state index in [9.17, 15) is 18.8 Å². The van der Waals surface area contributed by atoms with Gasteiger partial charge in [0.1, 0.15) is 24.7 Å². The van der Waals surface area contributed by atoms with E-state index in [-0.39, 0.29) is 10.6 Å². The maximum atomic E-state index is 13.2. The van der Waals surface area contributed by atoms with E-state index in [0.29, 0.717) is 26.9 Å². The molecule has 1 fully saturated rings. The summed E-state index contributed by atoms with van der Waals surface area (Å²) in [5, 5.41) is 1.91. The van der Waals surface area contributed by atoms with Crippen LogP contribution in [0.5, 0.6) is 5.75 Å². The molecule has 0 atom stereocenters. The van der Waals surface area contributed by atoms with Crippen molar-refractivity contribution in [2.45, 2.75) is 0 Å². The van der Waals surface area contributed by atoms with E-state index in [1.165, 1.54) is 18.2 Å². The first-order valence-electron chi connectivity index (χ1n) is 8.82. The second-order valence-electron chi connectivity index (χ2n) is 6.24. The Morgan fingerprint density at radius 2 is 1.94 bits per heavy atom. The molecule has 0 unspecified atom stereocenters. The van der Waals surface area contributed by atoms with E-state index < -0.39 is 29.4 Å². The Morgan fingerprint density at radius 3 is 2.58 bits per heavy atom. The van der Waals surface area contributed by atoms with Crippen molar-refractivity contribution >= 4 is 72.4 Å². The Hall–Kier alpha value is -2.43. The maximum absolute atomic E-state index is 13.2. The Bertz CT molecular complexity index is 1080. The lowest BCUT2D eigenvalue weighted by molar-refractivity contribution is -0.127. The molecule has 0 bridgehead atoms. The second-order valence-corrected chi connectivity index (χ2v) is 8.94. The molecule has 0 aromatic heterocycles. The number of amides is 3. The molecule has 0 aliphatic carbocycles. The van der Waals surface area contributed by atoms with Gasteiger partial charge in [0.15, 0.2) is 0 Å². The molecular weight excluding hydrogens is 555 g/mol. The standard InChI is InChI=1S/C21H15Br2FN2O4S/c1-2-6-30-19-15(22)7-12(8-16(19)23)9-17-20(28)26(21(29)31-17)11-18(27)25-14-5-3-4-13(24)10-14/h2-5,7-10H,1,6,11H2,(H,25,27)/b17-9-. The van der Waals surface area contributed by atoms with Crippen LogP contribution in [0.25, 0.3) is 6.08 Å². The molecular formula is C21H15Br2FN2O4S. The third kappa shape index (κ3) is 5.84. The van der Waals surface area contributed by atoms with Crippen molar-refractivity contribution in [3.05, 3.63) is 74.3 Å². The van der Waals surface area contributed by atoms with Gasteiger partial charge in [-0.2, -0.15) is 0 Å². The number of nitrogens with one attached hydrogen (secondary N) is 1. The smallest absolute Gasteiger partial charge is 0.294 e. The predicted molar refractivity (Wildman–Crippen MR) is 125 cm³/mol. The molecule has 31 heavy (non-hydrogen) atoms. The summed E-state index contributed by atoms with van der Waals surface area (Å²) in [6.07, 6.45) is 3.18. The van der Waals surface area contributed by atoms with E-state index in [1.54, 1.807) is 24.3 Å². The van der Waals surface area contributed by atoms with Gasteiger partial charge in [-0.05, 0) is 85.6 Å². The number of benzene rings is 2. The van der Waals surface area contributed by atoms with Crippen LogP contribution < -0.4 is 10.1 Å². The van der Waals surface area contributed by atoms with Crippen LogP contribution in [0.4, 0.5) is 14.9 Å². The average Bonchev–Trinajstić information content (AvgIpc) is 2.95. The van der Waals surface area contributed by atoms with E-state index in [0.717, 1.165) is 22.7 Å². The first-order valence-corrected chi connectivity index (χ1v) is 11.2. The summed E-state index contributed by atoms with van der Waals surface area (Å²) in [6.45, 7) is 3.46. The largest absolute Gasteiger partial charge is 0.487 e. The number of rotatable bonds is 7. The highest BCUT2D eigenvalue weighted by molar-refractivity contribution is 9.11. The number of hydrogen-bond donors (Lipinski definition) is 1. The molecule has 10 heteroatoms. The van der Waals surface area contributed by atoms with Crippen LogP contribution in [-0.2, 0) is 9.59 Å². The quantitative estimate of drug-likeness (QED) is 0.347. The average molecular weight is 570 g/mol. The zero-order valence-electron chi connectivity index (χ0n) is 15.9. The first kappa shape index (κ1) is 23.2. The van der Waals surface area contributed by atoms with Gasteiger partial charge < -0.3 is 10.1 Å². The van der Waals surface area contributed by atoms with Crippen LogP contribution in [0, 0.1) is 5.82 Å². The minimum Gasteiger partial charge on any atom is -0.487 e. The number of halogens is 3. The summed E-state index contributed by atoms with van der Waals surface area (Å²) in [7, 11) is 0. The molecule has 6 nitrogen and oxygen atoms in total. The van der Waals surface area contributed by atoms with Crippen molar-refractivity contribution < 1.29 is 23.5 Å². The van der Waals surface area contributed by atoms with E-state index in [2.05, 4.69) is 43.8 Å². The fourth-order valence-corrected chi connectivity index (χ4v) is 4.93. The number of ether oxygens (including phenoxy) is 1. The molecule has 1 aliphatic rings. The Labute approximate surface area is 198 Å². The summed E-state index contributed by atoms with van der Waals surface area (Å²) in [4.78, 5) is 38.2. The summed E-state index contributed by atoms with van der Waals surface area (Å²) >= 11 is 7.58. The maximum Gasteiger partial charge on any atom is 0.294 e. The van der Waals surface area contributed by atoms with Crippen molar-refractivity contribution in [3.8, 4) is 5.75 Å². The fraction of sp³-hybridized carbons (Fsp3) is 0.0952. The van der Waals surface area contributed by atoms with Crippen LogP contribution in [0.2, 0.25) is 0 Å². The van der Waals surface area contributed by atoms with Crippen molar-refractivity contribution in [3.63, 3.8) is 0 Å². The summed E-state index contributed by atoms with van der Waals surface area (Å²) in [5.41, 5.74) is 0.889. The number of imide groups is 1. The minimum atomic E-state index is -0.608. The molecule has 0 radical (unpaired) electrons. The number of carbonyl (C=O) groups is 3. The molecule has 1 heterocycles. The Morgan fingerprint density at radius 1 is 1.23 bits per heavy atom. The third-order valence-electron chi connectivity index (χ3n) is 3.95. The number of nitrogens with zero attached hydrogens (tertiary/aromatic N) is 1. The molecule has 160 valence electrons. The molecule has 1 aliphatic heterocycles. The zero-order valence-corrected chi connectivity index (χ0v) is 19.9. The predicted octanol–water partition coefficient (Wildman–Crippen LogP) is 5.59. The van der Waals surface area contributed by atoms with Gasteiger partial charge in [0.25, 0.3) is 11.1 Å². The van der Waals surface area contributed by atoms with Gasteiger partial charge in [-0.25, -0.2) is 4.39 Å². The fourth-order valence-electron chi connectivity index (χ4n) is 2.64. The highest BCUT2D eigenvalue weighted by atomic mass is 79.9. The highest BCUT2D eigenvalue weighted by Crippen LogP contribution is 2.37. The van der Waals surface area contributed by atoms with Crippen molar-refractivity contribution in [1.82, 2.24) is 4.90 Å². The SMILES string of the molecule is C=CCOc1c(Br)cc(/C=C2\SC(=O)N(CC(=O)Nc3cccc(F)c3)C2=O)cc1Br. The zero-order chi connectivity index (χ0) is 22.5. The molecule has 3 rings (SSSR count). The van der Waals surface area contributed by atoms with Gasteiger partial charge in [0, 0.05) is 5.69 Å². The molecule has 1 saturated heterocycles. The molecule has 2 aromatic carbocycles. The van der Waals surface area contributed by atoms with Gasteiger partial charge in [-0.3, -0.25) is 19.3 Å². The topological polar surface area (TPSA) is 75.7 Å². The Balaban J connectivity index is 1.73. The van der Waals surface area contributed by atoms with Crippen LogP contribution in [0.15, 0.2) is 62.9 Å². The summed E-state index contributed by atoms with van der Waals surface area (Å²) in [5.74, 6) is -1.11. The Kier molecular flexibility index (Phi) is 7.69. The molecule has 1 N–H and O–H groups in total.